The van der Waals surface area contributed by atoms with E-state index in [0.29, 0.717) is 40.3 Å². The Labute approximate surface area is 174 Å². The maximum Gasteiger partial charge on any atom is 0.220 e. The van der Waals surface area contributed by atoms with E-state index >= 15 is 0 Å². The highest BCUT2D eigenvalue weighted by Gasteiger charge is 2.18. The summed E-state index contributed by atoms with van der Waals surface area (Å²) in [7, 11) is 4.67. The van der Waals surface area contributed by atoms with Gasteiger partial charge in [-0.3, -0.25) is 0 Å². The Balaban J connectivity index is 2.22. The van der Waals surface area contributed by atoms with Gasteiger partial charge in [0.05, 0.1) is 38.7 Å². The van der Waals surface area contributed by atoms with E-state index in [4.69, 9.17) is 36.3 Å². The maximum atomic E-state index is 6.23. The van der Waals surface area contributed by atoms with Crippen LogP contribution in [0.2, 0.25) is 5.02 Å². The van der Waals surface area contributed by atoms with Crippen LogP contribution >= 0.6 is 11.6 Å². The van der Waals surface area contributed by atoms with Crippen LogP contribution < -0.4 is 24.7 Å². The second-order valence-corrected chi connectivity index (χ2v) is 6.39. The van der Waals surface area contributed by atoms with Gasteiger partial charge in [-0.1, -0.05) is 17.7 Å². The largest absolute Gasteiger partial charge is 0.493 e. The summed E-state index contributed by atoms with van der Waals surface area (Å²) in [6.07, 6.45) is 1.67. The lowest BCUT2D eigenvalue weighted by Gasteiger charge is -2.16. The summed E-state index contributed by atoms with van der Waals surface area (Å²) in [5.74, 6) is 2.25. The summed E-state index contributed by atoms with van der Waals surface area (Å²) in [5.41, 5.74) is 8.82. The topological polar surface area (TPSA) is 88.7 Å². The second-order valence-electron chi connectivity index (χ2n) is 5.98. The van der Waals surface area contributed by atoms with Gasteiger partial charge in [0.25, 0.3) is 0 Å². The molecule has 1 aromatic heterocycles. The zero-order chi connectivity index (χ0) is 21.0. The molecule has 0 aliphatic heterocycles. The van der Waals surface area contributed by atoms with Crippen molar-refractivity contribution in [3.8, 4) is 45.4 Å². The van der Waals surface area contributed by atoms with Gasteiger partial charge in [0.2, 0.25) is 11.7 Å². The molecule has 3 rings (SSSR count). The van der Waals surface area contributed by atoms with E-state index in [1.807, 2.05) is 31.2 Å². The van der Waals surface area contributed by atoms with E-state index in [2.05, 4.69) is 9.97 Å². The fourth-order valence-corrected chi connectivity index (χ4v) is 3.15. The summed E-state index contributed by atoms with van der Waals surface area (Å²) in [6.45, 7) is 2.40. The smallest absolute Gasteiger partial charge is 0.220 e. The summed E-state index contributed by atoms with van der Waals surface area (Å²) in [6, 6.07) is 9.12. The minimum absolute atomic E-state index is 0.150. The normalized spacial score (nSPS) is 10.5. The Hall–Kier alpha value is -3.19. The van der Waals surface area contributed by atoms with Crippen molar-refractivity contribution in [2.45, 2.75) is 6.92 Å². The standard InChI is InChI=1S/C21H22ClN3O4/c1-5-29-16-8-12(6-7-15(16)22)14-11-24-21(23)25-19(14)13-9-17(26-2)20(28-4)18(10-13)27-3/h6-11H,5H2,1-4H3,(H2,23,24,25). The van der Waals surface area contributed by atoms with Crippen LogP contribution in [0.5, 0.6) is 23.0 Å². The average Bonchev–Trinajstić information content (AvgIpc) is 2.74. The highest BCUT2D eigenvalue weighted by molar-refractivity contribution is 6.32. The van der Waals surface area contributed by atoms with Crippen LogP contribution in [-0.4, -0.2) is 37.9 Å². The first-order valence-electron chi connectivity index (χ1n) is 8.88. The number of nitrogens with two attached hydrogens (primary N) is 1. The third-order valence-corrected chi connectivity index (χ3v) is 4.60. The number of anilines is 1. The third-order valence-electron chi connectivity index (χ3n) is 4.29. The van der Waals surface area contributed by atoms with E-state index in [-0.39, 0.29) is 5.95 Å². The number of benzene rings is 2. The number of methoxy groups -OCH3 is 3. The molecule has 0 fully saturated rings. The van der Waals surface area contributed by atoms with Crippen LogP contribution in [0, 0.1) is 0 Å². The fourth-order valence-electron chi connectivity index (χ4n) is 2.98. The van der Waals surface area contributed by atoms with Gasteiger partial charge in [-0.15, -0.1) is 0 Å². The molecule has 29 heavy (non-hydrogen) atoms. The first kappa shape index (κ1) is 20.5. The van der Waals surface area contributed by atoms with Crippen LogP contribution in [0.15, 0.2) is 36.5 Å². The monoisotopic (exact) mass is 415 g/mol. The van der Waals surface area contributed by atoms with Gasteiger partial charge in [-0.2, -0.15) is 0 Å². The highest BCUT2D eigenvalue weighted by atomic mass is 35.5. The fraction of sp³-hybridized carbons (Fsp3) is 0.238. The lowest BCUT2D eigenvalue weighted by Crippen LogP contribution is -2.01. The van der Waals surface area contributed by atoms with Crippen molar-refractivity contribution in [1.82, 2.24) is 9.97 Å². The number of halogens is 1. The molecule has 0 atom stereocenters. The van der Waals surface area contributed by atoms with Crippen LogP contribution in [-0.2, 0) is 0 Å². The van der Waals surface area contributed by atoms with Gasteiger partial charge < -0.3 is 24.7 Å². The van der Waals surface area contributed by atoms with Gasteiger partial charge in [0.1, 0.15) is 5.75 Å². The number of ether oxygens (including phenoxy) is 4. The molecule has 0 aliphatic carbocycles. The first-order valence-corrected chi connectivity index (χ1v) is 9.25. The zero-order valence-corrected chi connectivity index (χ0v) is 17.4. The van der Waals surface area contributed by atoms with Crippen molar-refractivity contribution < 1.29 is 18.9 Å². The first-order chi connectivity index (χ1) is 14.0. The van der Waals surface area contributed by atoms with Gasteiger partial charge in [0.15, 0.2) is 11.5 Å². The number of rotatable bonds is 7. The molecule has 1 heterocycles. The molecule has 0 saturated heterocycles. The van der Waals surface area contributed by atoms with Gasteiger partial charge >= 0.3 is 0 Å². The van der Waals surface area contributed by atoms with Crippen LogP contribution in [0.3, 0.4) is 0 Å². The molecular weight excluding hydrogens is 394 g/mol. The molecule has 0 aliphatic rings. The predicted molar refractivity (Wildman–Crippen MR) is 113 cm³/mol. The minimum atomic E-state index is 0.150. The Morgan fingerprint density at radius 3 is 2.17 bits per heavy atom. The van der Waals surface area contributed by atoms with Crippen LogP contribution in [0.1, 0.15) is 6.92 Å². The number of nitrogen functional groups attached to an aromatic ring is 1. The highest BCUT2D eigenvalue weighted by Crippen LogP contribution is 2.43. The molecule has 2 aromatic carbocycles. The van der Waals surface area contributed by atoms with Crippen LogP contribution in [0.25, 0.3) is 22.4 Å². The molecule has 0 spiro atoms. The van der Waals surface area contributed by atoms with E-state index in [1.165, 1.54) is 0 Å². The van der Waals surface area contributed by atoms with E-state index in [1.54, 1.807) is 33.6 Å². The summed E-state index contributed by atoms with van der Waals surface area (Å²) >= 11 is 6.23. The van der Waals surface area contributed by atoms with Crippen molar-refractivity contribution in [2.75, 3.05) is 33.7 Å². The Bertz CT molecular complexity index is 1000. The van der Waals surface area contributed by atoms with Crippen molar-refractivity contribution in [3.63, 3.8) is 0 Å². The molecule has 7 nitrogen and oxygen atoms in total. The molecule has 8 heteroatoms. The van der Waals surface area contributed by atoms with Crippen molar-refractivity contribution >= 4 is 17.5 Å². The molecule has 152 valence electrons. The lowest BCUT2D eigenvalue weighted by atomic mass is 10.00. The molecule has 3 aromatic rings. The van der Waals surface area contributed by atoms with E-state index in [0.717, 1.165) is 16.7 Å². The summed E-state index contributed by atoms with van der Waals surface area (Å²) in [4.78, 5) is 8.63. The predicted octanol–water partition coefficient (Wildman–Crippen LogP) is 4.47. The molecule has 0 radical (unpaired) electrons. The SMILES string of the molecule is CCOc1cc(-c2cnc(N)nc2-c2cc(OC)c(OC)c(OC)c2)ccc1Cl. The van der Waals surface area contributed by atoms with E-state index in [9.17, 15) is 0 Å². The quantitative estimate of drug-likeness (QED) is 0.608. The Kier molecular flexibility index (Phi) is 6.29. The summed E-state index contributed by atoms with van der Waals surface area (Å²) in [5, 5.41) is 0.529. The molecule has 0 saturated carbocycles. The van der Waals surface area contributed by atoms with Crippen LogP contribution in [0.4, 0.5) is 5.95 Å². The number of nitrogens with zero attached hydrogens (tertiary/aromatic N) is 2. The second kappa shape index (κ2) is 8.87. The van der Waals surface area contributed by atoms with Gasteiger partial charge in [-0.05, 0) is 36.8 Å². The van der Waals surface area contributed by atoms with Crippen molar-refractivity contribution in [1.29, 1.82) is 0 Å². The lowest BCUT2D eigenvalue weighted by molar-refractivity contribution is 0.324. The Morgan fingerprint density at radius 2 is 1.59 bits per heavy atom. The summed E-state index contributed by atoms with van der Waals surface area (Å²) < 4.78 is 22.0. The van der Waals surface area contributed by atoms with Crippen molar-refractivity contribution in [3.05, 3.63) is 41.6 Å². The van der Waals surface area contributed by atoms with Gasteiger partial charge in [0, 0.05) is 17.3 Å². The molecule has 2 N–H and O–H groups in total. The Morgan fingerprint density at radius 1 is 0.931 bits per heavy atom. The maximum absolute atomic E-state index is 6.23. The van der Waals surface area contributed by atoms with E-state index < -0.39 is 0 Å². The molecule has 0 bridgehead atoms. The number of hydrogen-bond acceptors (Lipinski definition) is 7. The minimum Gasteiger partial charge on any atom is -0.493 e. The molecule has 0 unspecified atom stereocenters. The van der Waals surface area contributed by atoms with Crippen molar-refractivity contribution in [2.24, 2.45) is 0 Å². The number of hydrogen-bond donors (Lipinski definition) is 1. The van der Waals surface area contributed by atoms with Gasteiger partial charge in [-0.25, -0.2) is 9.97 Å². The molecule has 0 amide bonds. The average molecular weight is 416 g/mol. The molecular formula is C21H22ClN3O4. The number of aromatic nitrogens is 2. The zero-order valence-electron chi connectivity index (χ0n) is 16.7. The third kappa shape index (κ3) is 4.14.